The van der Waals surface area contributed by atoms with Gasteiger partial charge in [0.1, 0.15) is 5.75 Å². The predicted molar refractivity (Wildman–Crippen MR) is 109 cm³/mol. The quantitative estimate of drug-likeness (QED) is 0.601. The molecule has 0 saturated heterocycles. The van der Waals surface area contributed by atoms with E-state index in [4.69, 9.17) is 4.74 Å². The Labute approximate surface area is 165 Å². The molecule has 27 heavy (non-hydrogen) atoms. The summed E-state index contributed by atoms with van der Waals surface area (Å²) in [5.41, 5.74) is 1.69. The first-order valence-corrected chi connectivity index (χ1v) is 9.04. The zero-order valence-electron chi connectivity index (χ0n) is 14.3. The zero-order chi connectivity index (χ0) is 19.1. The minimum Gasteiger partial charge on any atom is -0.484 e. The smallest absolute Gasteiger partial charge is 0.262 e. The van der Waals surface area contributed by atoms with Gasteiger partial charge >= 0.3 is 0 Å². The fraction of sp³-hybridized carbons (Fsp3) is 0.0476. The number of amides is 2. The lowest BCUT2D eigenvalue weighted by molar-refractivity contribution is -0.118. The van der Waals surface area contributed by atoms with Gasteiger partial charge in [0.05, 0.1) is 0 Å². The summed E-state index contributed by atoms with van der Waals surface area (Å²) >= 11 is 3.35. The van der Waals surface area contributed by atoms with Crippen LogP contribution in [0.1, 0.15) is 10.4 Å². The van der Waals surface area contributed by atoms with Crippen LogP contribution in [0.2, 0.25) is 0 Å². The first-order valence-electron chi connectivity index (χ1n) is 8.25. The van der Waals surface area contributed by atoms with E-state index < -0.39 is 0 Å². The van der Waals surface area contributed by atoms with Crippen molar-refractivity contribution in [3.05, 3.63) is 88.9 Å². The van der Waals surface area contributed by atoms with Crippen LogP contribution in [0, 0.1) is 0 Å². The molecular formula is C21H17BrN2O3. The van der Waals surface area contributed by atoms with Crippen molar-refractivity contribution in [3.63, 3.8) is 0 Å². The van der Waals surface area contributed by atoms with Gasteiger partial charge in [-0.1, -0.05) is 46.3 Å². The molecule has 0 aliphatic carbocycles. The van der Waals surface area contributed by atoms with Crippen LogP contribution in [0.15, 0.2) is 83.3 Å². The molecule has 3 aromatic rings. The Morgan fingerprint density at radius 2 is 1.52 bits per heavy atom. The summed E-state index contributed by atoms with van der Waals surface area (Å²) in [6.45, 7) is -0.0986. The van der Waals surface area contributed by atoms with Gasteiger partial charge in [0.15, 0.2) is 6.61 Å². The summed E-state index contributed by atoms with van der Waals surface area (Å²) in [6.07, 6.45) is 0. The van der Waals surface area contributed by atoms with E-state index in [0.717, 1.165) is 4.47 Å². The van der Waals surface area contributed by atoms with E-state index >= 15 is 0 Å². The number of carbonyl (C=O) groups is 2. The highest BCUT2D eigenvalue weighted by atomic mass is 79.9. The van der Waals surface area contributed by atoms with Crippen LogP contribution in [0.5, 0.6) is 5.75 Å². The third kappa shape index (κ3) is 5.69. The monoisotopic (exact) mass is 424 g/mol. The molecule has 6 heteroatoms. The van der Waals surface area contributed by atoms with Gasteiger partial charge in [0, 0.05) is 21.4 Å². The van der Waals surface area contributed by atoms with Crippen molar-refractivity contribution in [1.82, 2.24) is 0 Å². The maximum atomic E-state index is 12.3. The number of benzene rings is 3. The Kier molecular flexibility index (Phi) is 6.22. The Morgan fingerprint density at radius 3 is 2.26 bits per heavy atom. The second-order valence-electron chi connectivity index (χ2n) is 5.70. The molecule has 2 N–H and O–H groups in total. The maximum absolute atomic E-state index is 12.3. The Hall–Kier alpha value is -3.12. The molecule has 0 fully saturated rings. The minimum atomic E-state index is -0.283. The Balaban J connectivity index is 1.58. The van der Waals surface area contributed by atoms with Gasteiger partial charge in [-0.15, -0.1) is 0 Å². The number of halogens is 1. The van der Waals surface area contributed by atoms with Gasteiger partial charge in [-0.2, -0.15) is 0 Å². The van der Waals surface area contributed by atoms with E-state index in [1.165, 1.54) is 0 Å². The van der Waals surface area contributed by atoms with Gasteiger partial charge in [-0.05, 0) is 48.5 Å². The standard InChI is InChI=1S/C21H17BrN2O3/c22-16-7-4-6-15(12-16)21(26)24-18-9-5-8-17(13-18)23-20(25)14-27-19-10-2-1-3-11-19/h1-13H,14H2,(H,23,25)(H,24,26). The zero-order valence-corrected chi connectivity index (χ0v) is 15.9. The van der Waals surface area contributed by atoms with E-state index in [-0.39, 0.29) is 18.4 Å². The fourth-order valence-corrected chi connectivity index (χ4v) is 2.77. The van der Waals surface area contributed by atoms with E-state index in [0.29, 0.717) is 22.7 Å². The number of nitrogens with one attached hydrogen (secondary N) is 2. The van der Waals surface area contributed by atoms with Gasteiger partial charge in [-0.3, -0.25) is 9.59 Å². The second-order valence-corrected chi connectivity index (χ2v) is 6.61. The van der Waals surface area contributed by atoms with Crippen molar-refractivity contribution in [2.24, 2.45) is 0 Å². The molecule has 0 unspecified atom stereocenters. The highest BCUT2D eigenvalue weighted by Crippen LogP contribution is 2.18. The number of hydrogen-bond acceptors (Lipinski definition) is 3. The molecule has 0 aliphatic rings. The van der Waals surface area contributed by atoms with Crippen LogP contribution in [0.3, 0.4) is 0 Å². The molecule has 3 aromatic carbocycles. The summed E-state index contributed by atoms with van der Waals surface area (Å²) in [5.74, 6) is 0.115. The predicted octanol–water partition coefficient (Wildman–Crippen LogP) is 4.72. The molecule has 2 amide bonds. The van der Waals surface area contributed by atoms with Crippen molar-refractivity contribution < 1.29 is 14.3 Å². The highest BCUT2D eigenvalue weighted by Gasteiger charge is 2.08. The van der Waals surface area contributed by atoms with Crippen LogP contribution in [0.4, 0.5) is 11.4 Å². The summed E-state index contributed by atoms with van der Waals surface area (Å²) in [5, 5.41) is 5.57. The van der Waals surface area contributed by atoms with Crippen molar-refractivity contribution >= 4 is 39.1 Å². The van der Waals surface area contributed by atoms with Crippen molar-refractivity contribution in [2.75, 3.05) is 17.2 Å². The summed E-state index contributed by atoms with van der Waals surface area (Å²) in [7, 11) is 0. The molecule has 0 atom stereocenters. The summed E-state index contributed by atoms with van der Waals surface area (Å²) in [4.78, 5) is 24.4. The van der Waals surface area contributed by atoms with E-state index in [2.05, 4.69) is 26.6 Å². The molecule has 0 heterocycles. The fourth-order valence-electron chi connectivity index (χ4n) is 2.37. The van der Waals surface area contributed by atoms with Crippen LogP contribution in [-0.2, 0) is 4.79 Å². The Morgan fingerprint density at radius 1 is 0.815 bits per heavy atom. The molecule has 3 rings (SSSR count). The lowest BCUT2D eigenvalue weighted by Gasteiger charge is -2.10. The normalized spacial score (nSPS) is 10.1. The molecule has 136 valence electrons. The minimum absolute atomic E-state index is 0.0986. The van der Waals surface area contributed by atoms with Crippen molar-refractivity contribution in [3.8, 4) is 5.75 Å². The third-order valence-electron chi connectivity index (χ3n) is 3.60. The molecule has 0 bridgehead atoms. The largest absolute Gasteiger partial charge is 0.484 e. The molecule has 0 aromatic heterocycles. The number of anilines is 2. The number of para-hydroxylation sites is 1. The molecule has 0 aliphatic heterocycles. The Bertz CT molecular complexity index is 945. The number of rotatable bonds is 6. The average Bonchev–Trinajstić information content (AvgIpc) is 2.67. The topological polar surface area (TPSA) is 67.4 Å². The van der Waals surface area contributed by atoms with Gasteiger partial charge < -0.3 is 15.4 Å². The number of carbonyl (C=O) groups excluding carboxylic acids is 2. The first-order chi connectivity index (χ1) is 13.1. The van der Waals surface area contributed by atoms with Crippen LogP contribution < -0.4 is 15.4 Å². The molecule has 0 radical (unpaired) electrons. The number of ether oxygens (including phenoxy) is 1. The second kappa shape index (κ2) is 9.00. The van der Waals surface area contributed by atoms with E-state index in [9.17, 15) is 9.59 Å². The summed E-state index contributed by atoms with van der Waals surface area (Å²) < 4.78 is 6.25. The highest BCUT2D eigenvalue weighted by molar-refractivity contribution is 9.10. The van der Waals surface area contributed by atoms with E-state index in [1.54, 1.807) is 54.6 Å². The average molecular weight is 425 g/mol. The van der Waals surface area contributed by atoms with E-state index in [1.807, 2.05) is 24.3 Å². The van der Waals surface area contributed by atoms with Crippen LogP contribution >= 0.6 is 15.9 Å². The van der Waals surface area contributed by atoms with Crippen molar-refractivity contribution in [1.29, 1.82) is 0 Å². The molecule has 0 saturated carbocycles. The molecular weight excluding hydrogens is 408 g/mol. The van der Waals surface area contributed by atoms with Crippen molar-refractivity contribution in [2.45, 2.75) is 0 Å². The van der Waals surface area contributed by atoms with Crippen LogP contribution in [0.25, 0.3) is 0 Å². The van der Waals surface area contributed by atoms with Crippen LogP contribution in [-0.4, -0.2) is 18.4 Å². The number of hydrogen-bond donors (Lipinski definition) is 2. The van der Waals surface area contributed by atoms with Gasteiger partial charge in [-0.25, -0.2) is 0 Å². The van der Waals surface area contributed by atoms with Gasteiger partial charge in [0.25, 0.3) is 11.8 Å². The SMILES string of the molecule is O=C(COc1ccccc1)Nc1cccc(NC(=O)c2cccc(Br)c2)c1. The first kappa shape index (κ1) is 18.7. The molecule has 5 nitrogen and oxygen atoms in total. The lowest BCUT2D eigenvalue weighted by Crippen LogP contribution is -2.20. The maximum Gasteiger partial charge on any atom is 0.262 e. The summed E-state index contributed by atoms with van der Waals surface area (Å²) in [6, 6.07) is 23.2. The molecule has 0 spiro atoms. The lowest BCUT2D eigenvalue weighted by atomic mass is 10.2. The third-order valence-corrected chi connectivity index (χ3v) is 4.10. The van der Waals surface area contributed by atoms with Gasteiger partial charge in [0.2, 0.25) is 0 Å².